The van der Waals surface area contributed by atoms with Gasteiger partial charge in [-0.25, -0.2) is 4.99 Å². The maximum Gasteiger partial charge on any atom is 0.326 e. The van der Waals surface area contributed by atoms with Crippen LogP contribution in [0.25, 0.3) is 0 Å². The predicted octanol–water partition coefficient (Wildman–Crippen LogP) is 1.43. The zero-order valence-corrected chi connectivity index (χ0v) is 11.1. The summed E-state index contributed by atoms with van der Waals surface area (Å²) >= 11 is 0. The molecule has 0 radical (unpaired) electrons. The van der Waals surface area contributed by atoms with Gasteiger partial charge in [0, 0.05) is 13.2 Å². The average Bonchev–Trinajstić information content (AvgIpc) is 2.66. The first kappa shape index (κ1) is 13.8. The Morgan fingerprint density at radius 1 is 1.42 bits per heavy atom. The molecule has 0 amide bonds. The van der Waals surface area contributed by atoms with Crippen LogP contribution < -0.4 is 5.73 Å². The minimum Gasteiger partial charge on any atom is -0.378 e. The third-order valence-corrected chi connectivity index (χ3v) is 3.69. The molecule has 1 aliphatic carbocycles. The molecule has 1 unspecified atom stereocenters. The Morgan fingerprint density at radius 2 is 2.05 bits per heavy atom. The molecule has 106 valence electrons. The SMILES string of the molecule is COC1N=C(N)C([N+](=O)[O-])=CN1C1CCCCCC1. The van der Waals surface area contributed by atoms with Crippen LogP contribution in [0.5, 0.6) is 0 Å². The second-order valence-corrected chi connectivity index (χ2v) is 4.94. The van der Waals surface area contributed by atoms with Gasteiger partial charge >= 0.3 is 5.70 Å². The summed E-state index contributed by atoms with van der Waals surface area (Å²) in [6.07, 6.45) is 7.68. The number of nitrogens with two attached hydrogens (primary N) is 1. The number of amidine groups is 1. The van der Waals surface area contributed by atoms with Gasteiger partial charge in [-0.05, 0) is 12.8 Å². The number of rotatable bonds is 3. The number of ether oxygens (including phenoxy) is 1. The van der Waals surface area contributed by atoms with Gasteiger partial charge in [0.2, 0.25) is 12.2 Å². The van der Waals surface area contributed by atoms with Crippen LogP contribution in [0.1, 0.15) is 38.5 Å². The van der Waals surface area contributed by atoms with Crippen molar-refractivity contribution in [2.45, 2.75) is 50.9 Å². The number of methoxy groups -OCH3 is 1. The molecule has 0 aromatic heterocycles. The lowest BCUT2D eigenvalue weighted by Gasteiger charge is -2.35. The molecular weight excluding hydrogens is 248 g/mol. The fourth-order valence-corrected chi connectivity index (χ4v) is 2.68. The second kappa shape index (κ2) is 6.01. The summed E-state index contributed by atoms with van der Waals surface area (Å²) < 4.78 is 5.29. The molecule has 19 heavy (non-hydrogen) atoms. The largest absolute Gasteiger partial charge is 0.378 e. The second-order valence-electron chi connectivity index (χ2n) is 4.94. The Bertz CT molecular complexity index is 400. The van der Waals surface area contributed by atoms with Gasteiger partial charge < -0.3 is 15.4 Å². The molecule has 1 aliphatic heterocycles. The van der Waals surface area contributed by atoms with E-state index in [-0.39, 0.29) is 17.6 Å². The van der Waals surface area contributed by atoms with E-state index in [0.717, 1.165) is 25.7 Å². The topological polar surface area (TPSA) is 94.0 Å². The molecule has 1 fully saturated rings. The lowest BCUT2D eigenvalue weighted by molar-refractivity contribution is -0.417. The van der Waals surface area contributed by atoms with Gasteiger partial charge in [-0.2, -0.15) is 0 Å². The van der Waals surface area contributed by atoms with Crippen LogP contribution in [0.2, 0.25) is 0 Å². The third kappa shape index (κ3) is 3.04. The first-order valence-corrected chi connectivity index (χ1v) is 6.63. The minimum atomic E-state index is -0.549. The van der Waals surface area contributed by atoms with Gasteiger partial charge in [0.15, 0.2) is 0 Å². The van der Waals surface area contributed by atoms with Crippen molar-refractivity contribution in [2.75, 3.05) is 7.11 Å². The summed E-state index contributed by atoms with van der Waals surface area (Å²) in [5, 5.41) is 11.0. The summed E-state index contributed by atoms with van der Waals surface area (Å²) in [5.74, 6) is -0.0679. The fourth-order valence-electron chi connectivity index (χ4n) is 2.68. The predicted molar refractivity (Wildman–Crippen MR) is 70.8 cm³/mol. The number of hydrogen-bond donors (Lipinski definition) is 1. The number of nitrogens with zero attached hydrogens (tertiary/aromatic N) is 3. The van der Waals surface area contributed by atoms with Crippen molar-refractivity contribution in [1.82, 2.24) is 4.90 Å². The molecule has 7 nitrogen and oxygen atoms in total. The maximum absolute atomic E-state index is 11.0. The van der Waals surface area contributed by atoms with Gasteiger partial charge in [-0.1, -0.05) is 25.7 Å². The summed E-state index contributed by atoms with van der Waals surface area (Å²) in [6.45, 7) is 0. The number of nitro groups is 1. The minimum absolute atomic E-state index is 0.0679. The normalized spacial score (nSPS) is 25.5. The van der Waals surface area contributed by atoms with Crippen molar-refractivity contribution in [1.29, 1.82) is 0 Å². The van der Waals surface area contributed by atoms with E-state index >= 15 is 0 Å². The van der Waals surface area contributed by atoms with E-state index < -0.39 is 11.3 Å². The van der Waals surface area contributed by atoms with Crippen LogP contribution in [-0.2, 0) is 4.74 Å². The quantitative estimate of drug-likeness (QED) is 0.474. The highest BCUT2D eigenvalue weighted by molar-refractivity contribution is 5.95. The Labute approximate surface area is 112 Å². The standard InChI is InChI=1S/C12H20N4O3/c1-19-12-14-11(13)10(16(17)18)8-15(12)9-6-4-2-3-5-7-9/h8-9,12H,2-7H2,1H3,(H2,13,14). The molecule has 0 aromatic carbocycles. The van der Waals surface area contributed by atoms with Gasteiger partial charge in [-0.15, -0.1) is 0 Å². The molecule has 1 saturated carbocycles. The molecular formula is C12H20N4O3. The van der Waals surface area contributed by atoms with E-state index in [4.69, 9.17) is 10.5 Å². The van der Waals surface area contributed by atoms with E-state index in [0.29, 0.717) is 0 Å². The monoisotopic (exact) mass is 268 g/mol. The van der Waals surface area contributed by atoms with Gasteiger partial charge in [-0.3, -0.25) is 10.1 Å². The molecule has 2 rings (SSSR count). The Hall–Kier alpha value is -1.63. The lowest BCUT2D eigenvalue weighted by atomic mass is 10.1. The van der Waals surface area contributed by atoms with Gasteiger partial charge in [0.25, 0.3) is 0 Å². The fraction of sp³-hybridized carbons (Fsp3) is 0.750. The molecule has 2 N–H and O–H groups in total. The number of hydrogen-bond acceptors (Lipinski definition) is 6. The van der Waals surface area contributed by atoms with Crippen molar-refractivity contribution in [3.63, 3.8) is 0 Å². The Kier molecular flexibility index (Phi) is 4.36. The van der Waals surface area contributed by atoms with Crippen molar-refractivity contribution in [3.05, 3.63) is 22.0 Å². The van der Waals surface area contributed by atoms with Gasteiger partial charge in [0.05, 0.1) is 11.1 Å². The molecule has 1 atom stereocenters. The highest BCUT2D eigenvalue weighted by Crippen LogP contribution is 2.26. The van der Waals surface area contributed by atoms with Crippen LogP contribution >= 0.6 is 0 Å². The molecule has 1 heterocycles. The molecule has 7 heteroatoms. The highest BCUT2D eigenvalue weighted by Gasteiger charge is 2.32. The smallest absolute Gasteiger partial charge is 0.326 e. The van der Waals surface area contributed by atoms with E-state index in [1.807, 2.05) is 4.90 Å². The first-order valence-electron chi connectivity index (χ1n) is 6.63. The maximum atomic E-state index is 11.0. The van der Waals surface area contributed by atoms with Crippen molar-refractivity contribution >= 4 is 5.84 Å². The van der Waals surface area contributed by atoms with Crippen molar-refractivity contribution in [2.24, 2.45) is 10.7 Å². The zero-order valence-electron chi connectivity index (χ0n) is 11.1. The summed E-state index contributed by atoms with van der Waals surface area (Å²) in [7, 11) is 1.54. The van der Waals surface area contributed by atoms with E-state index in [2.05, 4.69) is 4.99 Å². The Morgan fingerprint density at radius 3 is 2.58 bits per heavy atom. The molecule has 0 spiro atoms. The average molecular weight is 268 g/mol. The van der Waals surface area contributed by atoms with Crippen LogP contribution in [0.15, 0.2) is 16.9 Å². The first-order chi connectivity index (χ1) is 9.13. The van der Waals surface area contributed by atoms with Crippen LogP contribution in [0.4, 0.5) is 0 Å². The van der Waals surface area contributed by atoms with E-state index in [1.54, 1.807) is 0 Å². The van der Waals surface area contributed by atoms with Crippen LogP contribution in [-0.4, -0.2) is 35.2 Å². The Balaban J connectivity index is 2.22. The van der Waals surface area contributed by atoms with Crippen molar-refractivity contribution in [3.8, 4) is 0 Å². The number of aliphatic imine (C=N–C) groups is 1. The van der Waals surface area contributed by atoms with Crippen LogP contribution in [0.3, 0.4) is 0 Å². The molecule has 0 aromatic rings. The lowest BCUT2D eigenvalue weighted by Crippen LogP contribution is -2.44. The molecule has 0 bridgehead atoms. The van der Waals surface area contributed by atoms with E-state index in [1.165, 1.54) is 26.2 Å². The summed E-state index contributed by atoms with van der Waals surface area (Å²) in [6, 6.07) is 0.235. The van der Waals surface area contributed by atoms with Gasteiger partial charge in [0.1, 0.15) is 0 Å². The van der Waals surface area contributed by atoms with E-state index in [9.17, 15) is 10.1 Å². The summed E-state index contributed by atoms with van der Waals surface area (Å²) in [5.41, 5.74) is 5.46. The zero-order chi connectivity index (χ0) is 13.8. The van der Waals surface area contributed by atoms with Crippen LogP contribution in [0, 0.1) is 10.1 Å². The summed E-state index contributed by atoms with van der Waals surface area (Å²) in [4.78, 5) is 16.4. The highest BCUT2D eigenvalue weighted by atomic mass is 16.6. The third-order valence-electron chi connectivity index (χ3n) is 3.69. The van der Waals surface area contributed by atoms with Crippen molar-refractivity contribution < 1.29 is 9.66 Å². The molecule has 0 saturated heterocycles. The molecule has 2 aliphatic rings.